The Bertz CT molecular complexity index is 1030. The van der Waals surface area contributed by atoms with Crippen LogP contribution in [0, 0.1) is 0 Å². The number of nitrogens with zero attached hydrogens (tertiary/aromatic N) is 1. The molecule has 0 spiro atoms. The molecule has 0 saturated carbocycles. The molecule has 0 saturated heterocycles. The predicted molar refractivity (Wildman–Crippen MR) is 96.4 cm³/mol. The fraction of sp³-hybridized carbons (Fsp3) is 0.0625. The summed E-state index contributed by atoms with van der Waals surface area (Å²) in [6.45, 7) is 0. The highest BCUT2D eigenvalue weighted by atomic mass is 32.2. The number of primary amides is 1. The maximum absolute atomic E-state index is 12.1. The Morgan fingerprint density at radius 3 is 2.46 bits per heavy atom. The molecule has 10 heteroatoms. The Kier molecular flexibility index (Phi) is 4.45. The molecule has 1 aliphatic heterocycles. The van der Waals surface area contributed by atoms with Gasteiger partial charge in [-0.3, -0.25) is 15.0 Å². The molecule has 134 valence electrons. The van der Waals surface area contributed by atoms with Gasteiger partial charge in [0.25, 0.3) is 5.91 Å². The molecule has 2 aromatic carbocycles. The van der Waals surface area contributed by atoms with Crippen molar-refractivity contribution in [3.05, 3.63) is 53.6 Å². The maximum Gasteiger partial charge on any atom is 0.276 e. The van der Waals surface area contributed by atoms with Crippen LogP contribution in [0.15, 0.2) is 52.5 Å². The Morgan fingerprint density at radius 1 is 1.15 bits per heavy atom. The van der Waals surface area contributed by atoms with Gasteiger partial charge in [0.15, 0.2) is 5.71 Å². The summed E-state index contributed by atoms with van der Waals surface area (Å²) in [5.41, 5.74) is 9.77. The Morgan fingerprint density at radius 2 is 1.85 bits per heavy atom. The Labute approximate surface area is 149 Å². The van der Waals surface area contributed by atoms with Crippen LogP contribution in [-0.2, 0) is 14.8 Å². The van der Waals surface area contributed by atoms with Crippen LogP contribution in [0.2, 0.25) is 0 Å². The highest BCUT2D eigenvalue weighted by Gasteiger charge is 2.27. The summed E-state index contributed by atoms with van der Waals surface area (Å²) in [5, 5.41) is 6.70. The zero-order valence-electron chi connectivity index (χ0n) is 13.6. The van der Waals surface area contributed by atoms with Gasteiger partial charge >= 0.3 is 0 Å². The molecule has 0 fully saturated rings. The minimum absolute atomic E-state index is 0.0926. The van der Waals surface area contributed by atoms with Gasteiger partial charge in [-0.1, -0.05) is 0 Å². The predicted octanol–water partition coefficient (Wildman–Crippen LogP) is 0.462. The molecular weight excluding hydrogens is 358 g/mol. The van der Waals surface area contributed by atoms with Crippen LogP contribution in [-0.4, -0.2) is 33.0 Å². The van der Waals surface area contributed by atoms with Crippen LogP contribution < -0.4 is 21.2 Å². The second-order valence-electron chi connectivity index (χ2n) is 5.38. The topological polar surface area (TPSA) is 143 Å². The molecule has 26 heavy (non-hydrogen) atoms. The van der Waals surface area contributed by atoms with E-state index in [2.05, 4.69) is 20.6 Å². The van der Waals surface area contributed by atoms with Gasteiger partial charge in [0.05, 0.1) is 16.3 Å². The van der Waals surface area contributed by atoms with E-state index in [9.17, 15) is 18.0 Å². The van der Waals surface area contributed by atoms with Gasteiger partial charge in [0.2, 0.25) is 15.9 Å². The minimum atomic E-state index is -3.53. The van der Waals surface area contributed by atoms with Crippen LogP contribution in [0.5, 0.6) is 0 Å². The SMILES string of the molecule is CNS(=O)(=O)c1ccc(N/N=C2\C(=O)Nc3ccc(C(N)=O)cc32)cc1. The number of hydrogen-bond acceptors (Lipinski definition) is 6. The highest BCUT2D eigenvalue weighted by Crippen LogP contribution is 2.25. The Balaban J connectivity index is 1.87. The lowest BCUT2D eigenvalue weighted by Gasteiger charge is -2.05. The molecular formula is C16H15N5O4S. The van der Waals surface area contributed by atoms with Gasteiger partial charge < -0.3 is 11.1 Å². The maximum atomic E-state index is 12.1. The zero-order chi connectivity index (χ0) is 18.9. The monoisotopic (exact) mass is 373 g/mol. The van der Waals surface area contributed by atoms with E-state index in [0.29, 0.717) is 16.9 Å². The van der Waals surface area contributed by atoms with E-state index in [4.69, 9.17) is 5.73 Å². The number of benzene rings is 2. The number of nitrogens with one attached hydrogen (secondary N) is 3. The number of fused-ring (bicyclic) bond motifs is 1. The molecule has 0 bridgehead atoms. The summed E-state index contributed by atoms with van der Waals surface area (Å²) in [6.07, 6.45) is 0. The van der Waals surface area contributed by atoms with Crippen LogP contribution >= 0.6 is 0 Å². The minimum Gasteiger partial charge on any atom is -0.366 e. The van der Waals surface area contributed by atoms with Crippen molar-refractivity contribution >= 4 is 38.9 Å². The molecule has 9 nitrogen and oxygen atoms in total. The van der Waals surface area contributed by atoms with Crippen LogP contribution in [0.1, 0.15) is 15.9 Å². The molecule has 0 aromatic heterocycles. The lowest BCUT2D eigenvalue weighted by molar-refractivity contribution is -0.110. The van der Waals surface area contributed by atoms with Crippen LogP contribution in [0.3, 0.4) is 0 Å². The van der Waals surface area contributed by atoms with E-state index in [0.717, 1.165) is 0 Å². The lowest BCUT2D eigenvalue weighted by Crippen LogP contribution is -2.18. The number of rotatable bonds is 5. The third kappa shape index (κ3) is 3.27. The van der Waals surface area contributed by atoms with E-state index in [1.807, 2.05) is 0 Å². The molecule has 5 N–H and O–H groups in total. The molecule has 0 aliphatic carbocycles. The molecule has 0 unspecified atom stereocenters. The molecule has 2 aromatic rings. The summed E-state index contributed by atoms with van der Waals surface area (Å²) in [4.78, 5) is 23.5. The quantitative estimate of drug-likeness (QED) is 0.563. The van der Waals surface area contributed by atoms with Crippen LogP contribution in [0.4, 0.5) is 11.4 Å². The summed E-state index contributed by atoms with van der Waals surface area (Å²) in [5.74, 6) is -1.04. The second kappa shape index (κ2) is 6.58. The molecule has 3 rings (SSSR count). The number of carbonyl (C=O) groups is 2. The molecule has 0 atom stereocenters. The van der Waals surface area contributed by atoms with Crippen molar-refractivity contribution in [1.82, 2.24) is 4.72 Å². The average Bonchev–Trinajstić information content (AvgIpc) is 2.94. The van der Waals surface area contributed by atoms with Crippen molar-refractivity contribution in [3.8, 4) is 0 Å². The zero-order valence-corrected chi connectivity index (χ0v) is 14.4. The summed E-state index contributed by atoms with van der Waals surface area (Å²) < 4.78 is 25.6. The third-order valence-electron chi connectivity index (χ3n) is 3.75. The lowest BCUT2D eigenvalue weighted by atomic mass is 10.1. The number of hydrazone groups is 1. The molecule has 1 heterocycles. The van der Waals surface area contributed by atoms with Gasteiger partial charge in [-0.05, 0) is 49.5 Å². The fourth-order valence-electron chi connectivity index (χ4n) is 2.36. The summed E-state index contributed by atoms with van der Waals surface area (Å²) in [7, 11) is -2.21. The molecule has 0 radical (unpaired) electrons. The van der Waals surface area contributed by atoms with Gasteiger partial charge in [-0.25, -0.2) is 13.1 Å². The van der Waals surface area contributed by atoms with Gasteiger partial charge in [0.1, 0.15) is 0 Å². The van der Waals surface area contributed by atoms with E-state index < -0.39 is 21.8 Å². The number of nitrogens with two attached hydrogens (primary N) is 1. The van der Waals surface area contributed by atoms with E-state index >= 15 is 0 Å². The number of amides is 2. The van der Waals surface area contributed by atoms with E-state index in [1.54, 1.807) is 6.07 Å². The van der Waals surface area contributed by atoms with Gasteiger partial charge in [-0.15, -0.1) is 0 Å². The summed E-state index contributed by atoms with van der Waals surface area (Å²) >= 11 is 0. The number of anilines is 2. The van der Waals surface area contributed by atoms with Gasteiger partial charge in [-0.2, -0.15) is 5.10 Å². The fourth-order valence-corrected chi connectivity index (χ4v) is 3.09. The third-order valence-corrected chi connectivity index (χ3v) is 5.18. The first-order valence-electron chi connectivity index (χ1n) is 7.45. The van der Waals surface area contributed by atoms with Crippen molar-refractivity contribution in [2.45, 2.75) is 4.90 Å². The first-order valence-corrected chi connectivity index (χ1v) is 8.93. The van der Waals surface area contributed by atoms with E-state index in [-0.39, 0.29) is 16.2 Å². The number of sulfonamides is 1. The normalized spacial score (nSPS) is 14.8. The molecule has 1 aliphatic rings. The van der Waals surface area contributed by atoms with Crippen molar-refractivity contribution in [3.63, 3.8) is 0 Å². The largest absolute Gasteiger partial charge is 0.366 e. The number of carbonyl (C=O) groups excluding carboxylic acids is 2. The first-order chi connectivity index (χ1) is 12.3. The number of hydrogen-bond donors (Lipinski definition) is 4. The van der Waals surface area contributed by atoms with E-state index in [1.165, 1.54) is 43.4 Å². The smallest absolute Gasteiger partial charge is 0.276 e. The van der Waals surface area contributed by atoms with Crippen molar-refractivity contribution < 1.29 is 18.0 Å². The van der Waals surface area contributed by atoms with Crippen LogP contribution in [0.25, 0.3) is 0 Å². The van der Waals surface area contributed by atoms with Crippen molar-refractivity contribution in [2.75, 3.05) is 17.8 Å². The average molecular weight is 373 g/mol. The summed E-state index contributed by atoms with van der Waals surface area (Å²) in [6, 6.07) is 10.4. The molecule has 2 amide bonds. The second-order valence-corrected chi connectivity index (χ2v) is 7.27. The van der Waals surface area contributed by atoms with Gasteiger partial charge in [0, 0.05) is 11.1 Å². The first kappa shape index (κ1) is 17.6. The standard InChI is InChI=1S/C16H15N5O4S/c1-18-26(24,25)11-5-3-10(4-6-11)20-21-14-12-8-9(15(17)22)2-7-13(12)19-16(14)23/h2-8,18,20H,1H3,(H2,17,22)(H,19,21,23). The Hall–Kier alpha value is -3.24. The van der Waals surface area contributed by atoms with Crippen molar-refractivity contribution in [1.29, 1.82) is 0 Å². The highest BCUT2D eigenvalue weighted by molar-refractivity contribution is 7.89. The van der Waals surface area contributed by atoms with Crippen molar-refractivity contribution in [2.24, 2.45) is 10.8 Å².